The van der Waals surface area contributed by atoms with Crippen molar-refractivity contribution < 1.29 is 9.84 Å². The maximum atomic E-state index is 10.2. The Balaban J connectivity index is 2.56. The Kier molecular flexibility index (Phi) is 5.56. The van der Waals surface area contributed by atoms with E-state index in [2.05, 4.69) is 10.3 Å². The van der Waals surface area contributed by atoms with Gasteiger partial charge in [0.05, 0.1) is 18.4 Å². The smallest absolute Gasteiger partial charge is 0.122 e. The molecule has 0 radical (unpaired) electrons. The van der Waals surface area contributed by atoms with Gasteiger partial charge in [-0.25, -0.2) is 0 Å². The molecule has 0 atom stereocenters. The highest BCUT2D eigenvalue weighted by atomic mass is 16.5. The number of ether oxygens (including phenoxy) is 1. The third-order valence-electron chi connectivity index (χ3n) is 3.29. The molecule has 1 rings (SSSR count). The lowest BCUT2D eigenvalue weighted by Gasteiger charge is -2.25. The van der Waals surface area contributed by atoms with Crippen LogP contribution in [-0.2, 0) is 6.54 Å². The molecule has 0 saturated heterocycles. The maximum Gasteiger partial charge on any atom is 0.122 e. The van der Waals surface area contributed by atoms with Crippen LogP contribution in [0.4, 0.5) is 0 Å². The molecule has 0 spiro atoms. The number of rotatable bonds is 7. The predicted molar refractivity (Wildman–Crippen MR) is 72.8 cm³/mol. The first kappa shape index (κ1) is 14.9. The number of aryl methyl sites for hydroxylation is 1. The highest BCUT2D eigenvalue weighted by Gasteiger charge is 2.21. The van der Waals surface area contributed by atoms with Crippen molar-refractivity contribution in [3.05, 3.63) is 23.5 Å². The van der Waals surface area contributed by atoms with E-state index in [4.69, 9.17) is 4.74 Å². The average molecular weight is 252 g/mol. The summed E-state index contributed by atoms with van der Waals surface area (Å²) in [5.41, 5.74) is 1.25. The number of nitrogens with zero attached hydrogens (tertiary/aromatic N) is 1. The molecule has 0 amide bonds. The lowest BCUT2D eigenvalue weighted by molar-refractivity contribution is 0.0322. The van der Waals surface area contributed by atoms with E-state index in [1.807, 2.05) is 32.9 Å². The molecule has 2 N–H and O–H groups in total. The summed E-state index contributed by atoms with van der Waals surface area (Å²) in [6.45, 7) is 7.16. The third-order valence-corrected chi connectivity index (χ3v) is 3.29. The zero-order valence-electron chi connectivity index (χ0n) is 11.8. The van der Waals surface area contributed by atoms with Crippen molar-refractivity contribution in [2.45, 2.75) is 45.8 Å². The van der Waals surface area contributed by atoms with Gasteiger partial charge in [0.2, 0.25) is 0 Å². The summed E-state index contributed by atoms with van der Waals surface area (Å²) in [6.07, 6.45) is 1.50. The van der Waals surface area contributed by atoms with Gasteiger partial charge in [0, 0.05) is 30.9 Å². The Morgan fingerprint density at radius 1 is 1.33 bits per heavy atom. The fraction of sp³-hybridized carbons (Fsp3) is 0.643. The second-order valence-electron chi connectivity index (χ2n) is 4.67. The van der Waals surface area contributed by atoms with Crippen molar-refractivity contribution in [2.24, 2.45) is 0 Å². The largest absolute Gasteiger partial charge is 0.497 e. The molecule has 0 unspecified atom stereocenters. The minimum absolute atomic E-state index is 0.581. The molecule has 4 nitrogen and oxygen atoms in total. The summed E-state index contributed by atoms with van der Waals surface area (Å²) >= 11 is 0. The average Bonchev–Trinajstić information content (AvgIpc) is 2.37. The van der Waals surface area contributed by atoms with Crippen molar-refractivity contribution in [1.29, 1.82) is 0 Å². The summed E-state index contributed by atoms with van der Waals surface area (Å²) in [6, 6.07) is 3.81. The van der Waals surface area contributed by atoms with Gasteiger partial charge in [0.1, 0.15) is 5.75 Å². The minimum atomic E-state index is -0.617. The number of aromatic nitrogens is 1. The molecule has 0 aliphatic rings. The molecule has 0 aliphatic carbocycles. The van der Waals surface area contributed by atoms with Crippen LogP contribution in [0.5, 0.6) is 5.75 Å². The van der Waals surface area contributed by atoms with Crippen molar-refractivity contribution in [3.63, 3.8) is 0 Å². The number of pyridine rings is 1. The second-order valence-corrected chi connectivity index (χ2v) is 4.67. The van der Waals surface area contributed by atoms with Crippen LogP contribution in [0.3, 0.4) is 0 Å². The molecule has 1 aromatic rings. The van der Waals surface area contributed by atoms with E-state index < -0.39 is 5.60 Å². The van der Waals surface area contributed by atoms with E-state index in [1.54, 1.807) is 7.11 Å². The number of hydrogen-bond acceptors (Lipinski definition) is 4. The summed E-state index contributed by atoms with van der Waals surface area (Å²) in [7, 11) is 1.65. The molecule has 18 heavy (non-hydrogen) atoms. The van der Waals surface area contributed by atoms with Gasteiger partial charge in [-0.3, -0.25) is 4.98 Å². The van der Waals surface area contributed by atoms with Crippen LogP contribution in [0, 0.1) is 6.92 Å². The van der Waals surface area contributed by atoms with Gasteiger partial charge in [0.15, 0.2) is 0 Å². The molecule has 0 bridgehead atoms. The van der Waals surface area contributed by atoms with Gasteiger partial charge in [0.25, 0.3) is 0 Å². The molecule has 0 saturated carbocycles. The van der Waals surface area contributed by atoms with Gasteiger partial charge in [-0.2, -0.15) is 0 Å². The van der Waals surface area contributed by atoms with Crippen LogP contribution in [0.2, 0.25) is 0 Å². The third kappa shape index (κ3) is 4.27. The fourth-order valence-electron chi connectivity index (χ4n) is 1.83. The summed E-state index contributed by atoms with van der Waals surface area (Å²) < 4.78 is 5.21. The quantitative estimate of drug-likeness (QED) is 0.779. The van der Waals surface area contributed by atoms with Gasteiger partial charge < -0.3 is 15.2 Å². The van der Waals surface area contributed by atoms with Crippen LogP contribution in [0.25, 0.3) is 0 Å². The van der Waals surface area contributed by atoms with E-state index in [1.165, 1.54) is 0 Å². The first-order valence-electron chi connectivity index (χ1n) is 6.47. The van der Waals surface area contributed by atoms with Gasteiger partial charge in [-0.15, -0.1) is 0 Å². The Hall–Kier alpha value is -1.13. The van der Waals surface area contributed by atoms with Gasteiger partial charge in [-0.05, 0) is 19.8 Å². The maximum absolute atomic E-state index is 10.2. The Morgan fingerprint density at radius 2 is 2.00 bits per heavy atom. The summed E-state index contributed by atoms with van der Waals surface area (Å²) in [4.78, 5) is 4.43. The van der Waals surface area contributed by atoms with Crippen molar-refractivity contribution in [2.75, 3.05) is 13.7 Å². The van der Waals surface area contributed by atoms with Crippen LogP contribution in [0.1, 0.15) is 38.1 Å². The number of nitrogens with one attached hydrogen (secondary N) is 1. The molecule has 1 aromatic heterocycles. The molecule has 0 aliphatic heterocycles. The van der Waals surface area contributed by atoms with E-state index >= 15 is 0 Å². The van der Waals surface area contributed by atoms with Gasteiger partial charge in [-0.1, -0.05) is 13.8 Å². The van der Waals surface area contributed by atoms with Crippen molar-refractivity contribution in [3.8, 4) is 5.75 Å². The first-order chi connectivity index (χ1) is 8.53. The van der Waals surface area contributed by atoms with Crippen LogP contribution in [-0.4, -0.2) is 29.3 Å². The van der Waals surface area contributed by atoms with E-state index in [-0.39, 0.29) is 0 Å². The van der Waals surface area contributed by atoms with E-state index in [0.717, 1.165) is 30.0 Å². The van der Waals surface area contributed by atoms with E-state index in [0.29, 0.717) is 13.1 Å². The molecular formula is C14H24N2O2. The summed E-state index contributed by atoms with van der Waals surface area (Å²) in [5.74, 6) is 0.820. The standard InChI is InChI=1S/C14H24N2O2/c1-5-14(17,6-2)10-15-9-12-8-13(18-4)7-11(3)16-12/h7-8,15,17H,5-6,9-10H2,1-4H3. The normalized spacial score (nSPS) is 11.6. The predicted octanol–water partition coefficient (Wildman–Crippen LogP) is 2.04. The monoisotopic (exact) mass is 252 g/mol. The topological polar surface area (TPSA) is 54.4 Å². The number of methoxy groups -OCH3 is 1. The zero-order valence-corrected chi connectivity index (χ0v) is 11.8. The van der Waals surface area contributed by atoms with Gasteiger partial charge >= 0.3 is 0 Å². The summed E-state index contributed by atoms with van der Waals surface area (Å²) in [5, 5.41) is 13.4. The Labute approximate surface area is 109 Å². The van der Waals surface area contributed by atoms with Crippen LogP contribution >= 0.6 is 0 Å². The molecule has 0 aromatic carbocycles. The molecule has 0 fully saturated rings. The molecular weight excluding hydrogens is 228 g/mol. The molecule has 1 heterocycles. The molecule has 102 valence electrons. The van der Waals surface area contributed by atoms with E-state index in [9.17, 15) is 5.11 Å². The fourth-order valence-corrected chi connectivity index (χ4v) is 1.83. The van der Waals surface area contributed by atoms with Crippen LogP contribution in [0.15, 0.2) is 12.1 Å². The number of hydrogen-bond donors (Lipinski definition) is 2. The molecule has 4 heteroatoms. The SMILES string of the molecule is CCC(O)(CC)CNCc1cc(OC)cc(C)n1. The number of aliphatic hydroxyl groups is 1. The highest BCUT2D eigenvalue weighted by molar-refractivity contribution is 5.26. The zero-order chi connectivity index (χ0) is 13.6. The minimum Gasteiger partial charge on any atom is -0.497 e. The highest BCUT2D eigenvalue weighted by Crippen LogP contribution is 2.15. The second kappa shape index (κ2) is 6.71. The van der Waals surface area contributed by atoms with Crippen molar-refractivity contribution >= 4 is 0 Å². The first-order valence-corrected chi connectivity index (χ1v) is 6.47. The Bertz CT molecular complexity index is 376. The Morgan fingerprint density at radius 3 is 2.56 bits per heavy atom. The van der Waals surface area contributed by atoms with Crippen molar-refractivity contribution in [1.82, 2.24) is 10.3 Å². The lowest BCUT2D eigenvalue weighted by Crippen LogP contribution is -2.39. The lowest BCUT2D eigenvalue weighted by atomic mass is 9.98. The van der Waals surface area contributed by atoms with Crippen LogP contribution < -0.4 is 10.1 Å².